The average molecular weight is 356 g/mol. The van der Waals surface area contributed by atoms with Gasteiger partial charge in [0, 0.05) is 15.7 Å². The normalized spacial score (nSPS) is 10.1. The summed E-state index contributed by atoms with van der Waals surface area (Å²) in [6.45, 7) is 1.58. The zero-order valence-corrected chi connectivity index (χ0v) is 11.6. The highest BCUT2D eigenvalue weighted by Gasteiger charge is 2.12. The Labute approximate surface area is 117 Å². The van der Waals surface area contributed by atoms with E-state index >= 15 is 0 Å². The molecule has 0 fully saturated rings. The second-order valence-corrected chi connectivity index (χ2v) is 4.81. The summed E-state index contributed by atoms with van der Waals surface area (Å²) in [7, 11) is 0. The molecule has 2 rings (SSSR count). The molecule has 2 aromatic rings. The van der Waals surface area contributed by atoms with Gasteiger partial charge in [-0.1, -0.05) is 0 Å². The lowest BCUT2D eigenvalue weighted by atomic mass is 10.3. The quantitative estimate of drug-likeness (QED) is 0.478. The van der Waals surface area contributed by atoms with Crippen LogP contribution in [0.25, 0.3) is 0 Å². The second-order valence-electron chi connectivity index (χ2n) is 3.57. The summed E-state index contributed by atoms with van der Waals surface area (Å²) in [5.74, 6) is 0.996. The van der Waals surface area contributed by atoms with Crippen molar-refractivity contribution in [1.82, 2.24) is 4.98 Å². The zero-order chi connectivity index (χ0) is 13.1. The average Bonchev–Trinajstić information content (AvgIpc) is 2.32. The lowest BCUT2D eigenvalue weighted by Gasteiger charge is -2.05. The van der Waals surface area contributed by atoms with E-state index in [9.17, 15) is 10.1 Å². The molecule has 0 spiro atoms. The van der Waals surface area contributed by atoms with E-state index in [0.717, 1.165) is 3.57 Å². The fraction of sp³-hybridized carbons (Fsp3) is 0.0833. The van der Waals surface area contributed by atoms with Gasteiger partial charge in [0.2, 0.25) is 5.88 Å². The summed E-state index contributed by atoms with van der Waals surface area (Å²) in [5.41, 5.74) is 0.327. The number of nitrogens with zero attached hydrogens (tertiary/aromatic N) is 2. The van der Waals surface area contributed by atoms with Crippen LogP contribution in [0.15, 0.2) is 36.4 Å². The maximum atomic E-state index is 10.7. The maximum absolute atomic E-state index is 10.7. The summed E-state index contributed by atoms with van der Waals surface area (Å²) in [4.78, 5) is 14.2. The maximum Gasteiger partial charge on any atom is 0.290 e. The van der Waals surface area contributed by atoms with Gasteiger partial charge in [-0.2, -0.15) is 0 Å². The van der Waals surface area contributed by atoms with Gasteiger partial charge in [-0.3, -0.25) is 10.1 Å². The van der Waals surface area contributed by atoms with Crippen LogP contribution in [-0.2, 0) is 0 Å². The van der Waals surface area contributed by atoms with Gasteiger partial charge in [0.25, 0.3) is 5.69 Å². The fourth-order valence-electron chi connectivity index (χ4n) is 1.40. The van der Waals surface area contributed by atoms with Crippen LogP contribution in [0.2, 0.25) is 0 Å². The number of nitro groups is 1. The minimum atomic E-state index is -0.461. The van der Waals surface area contributed by atoms with E-state index in [1.165, 1.54) is 12.1 Å². The smallest absolute Gasteiger partial charge is 0.290 e. The van der Waals surface area contributed by atoms with Crippen LogP contribution in [0, 0.1) is 20.6 Å². The number of halogens is 1. The second kappa shape index (κ2) is 5.30. The molecule has 0 saturated heterocycles. The van der Waals surface area contributed by atoms with E-state index in [1.54, 1.807) is 6.92 Å². The Bertz CT molecular complexity index is 584. The minimum absolute atomic E-state index is 0.00930. The lowest BCUT2D eigenvalue weighted by molar-refractivity contribution is -0.385. The lowest BCUT2D eigenvalue weighted by Crippen LogP contribution is -1.96. The van der Waals surface area contributed by atoms with Gasteiger partial charge in [-0.15, -0.1) is 0 Å². The molecule has 1 aromatic carbocycles. The van der Waals surface area contributed by atoms with Crippen molar-refractivity contribution in [2.45, 2.75) is 6.92 Å². The molecule has 0 saturated carbocycles. The molecular formula is C12H9IN2O3. The van der Waals surface area contributed by atoms with E-state index < -0.39 is 4.92 Å². The largest absolute Gasteiger partial charge is 0.439 e. The molecule has 0 N–H and O–H groups in total. The van der Waals surface area contributed by atoms with Crippen molar-refractivity contribution >= 4 is 28.3 Å². The van der Waals surface area contributed by atoms with E-state index in [-0.39, 0.29) is 5.69 Å². The molecule has 0 aliphatic carbocycles. The monoisotopic (exact) mass is 356 g/mol. The molecule has 0 aliphatic heterocycles. The molecule has 18 heavy (non-hydrogen) atoms. The highest BCUT2D eigenvalue weighted by molar-refractivity contribution is 14.1. The number of pyridine rings is 1. The first-order valence-corrected chi connectivity index (χ1v) is 6.19. The van der Waals surface area contributed by atoms with Gasteiger partial charge in [0.15, 0.2) is 0 Å². The van der Waals surface area contributed by atoms with Crippen molar-refractivity contribution in [3.8, 4) is 11.6 Å². The van der Waals surface area contributed by atoms with Crippen molar-refractivity contribution in [3.05, 3.63) is 55.8 Å². The zero-order valence-electron chi connectivity index (χ0n) is 9.46. The van der Waals surface area contributed by atoms with Crippen molar-refractivity contribution in [3.63, 3.8) is 0 Å². The Kier molecular flexibility index (Phi) is 3.75. The first kappa shape index (κ1) is 12.7. The number of benzene rings is 1. The molecular weight excluding hydrogens is 347 g/mol. The molecule has 0 unspecified atom stereocenters. The van der Waals surface area contributed by atoms with Crippen molar-refractivity contribution in [2.24, 2.45) is 0 Å². The van der Waals surface area contributed by atoms with Crippen LogP contribution < -0.4 is 4.74 Å². The summed E-state index contributed by atoms with van der Waals surface area (Å²) in [6, 6.07) is 10.3. The summed E-state index contributed by atoms with van der Waals surface area (Å²) >= 11 is 2.20. The van der Waals surface area contributed by atoms with E-state index in [0.29, 0.717) is 17.3 Å². The molecule has 0 radical (unpaired) electrons. The molecule has 6 heteroatoms. The predicted molar refractivity (Wildman–Crippen MR) is 74.9 cm³/mol. The molecule has 1 heterocycles. The highest BCUT2D eigenvalue weighted by atomic mass is 127. The van der Waals surface area contributed by atoms with Crippen LogP contribution in [0.4, 0.5) is 5.69 Å². The van der Waals surface area contributed by atoms with Gasteiger partial charge >= 0.3 is 0 Å². The third kappa shape index (κ3) is 2.95. The molecule has 0 atom stereocenters. The van der Waals surface area contributed by atoms with Crippen LogP contribution >= 0.6 is 22.6 Å². The topological polar surface area (TPSA) is 65.3 Å². The van der Waals surface area contributed by atoms with E-state index in [4.69, 9.17) is 4.74 Å². The van der Waals surface area contributed by atoms with Crippen molar-refractivity contribution in [1.29, 1.82) is 0 Å². The standard InChI is InChI=1S/C12H9IN2O3/c1-8-11(15(16)17)6-7-12(14-8)18-10-4-2-9(13)3-5-10/h2-7H,1H3. The SMILES string of the molecule is Cc1nc(Oc2ccc(I)cc2)ccc1[N+](=O)[O-]. The molecule has 92 valence electrons. The Morgan fingerprint density at radius 1 is 1.22 bits per heavy atom. The van der Waals surface area contributed by atoms with Crippen LogP contribution in [0.3, 0.4) is 0 Å². The van der Waals surface area contributed by atoms with Gasteiger partial charge in [-0.25, -0.2) is 4.98 Å². The first-order valence-electron chi connectivity index (χ1n) is 5.12. The van der Waals surface area contributed by atoms with Crippen molar-refractivity contribution < 1.29 is 9.66 Å². The third-order valence-electron chi connectivity index (χ3n) is 2.27. The summed E-state index contributed by atoms with van der Waals surface area (Å²) in [6.07, 6.45) is 0. The molecule has 1 aromatic heterocycles. The van der Waals surface area contributed by atoms with E-state index in [1.807, 2.05) is 24.3 Å². The van der Waals surface area contributed by atoms with Gasteiger partial charge in [-0.05, 0) is 53.8 Å². The molecule has 5 nitrogen and oxygen atoms in total. The van der Waals surface area contributed by atoms with Crippen LogP contribution in [-0.4, -0.2) is 9.91 Å². The van der Waals surface area contributed by atoms with Gasteiger partial charge < -0.3 is 4.74 Å². The van der Waals surface area contributed by atoms with Gasteiger partial charge in [0.1, 0.15) is 11.4 Å². The minimum Gasteiger partial charge on any atom is -0.439 e. The number of hydrogen-bond acceptors (Lipinski definition) is 4. The molecule has 0 bridgehead atoms. The highest BCUT2D eigenvalue weighted by Crippen LogP contribution is 2.24. The number of aromatic nitrogens is 1. The van der Waals surface area contributed by atoms with Crippen LogP contribution in [0.1, 0.15) is 5.69 Å². The Balaban J connectivity index is 2.22. The Morgan fingerprint density at radius 2 is 1.89 bits per heavy atom. The predicted octanol–water partition coefficient (Wildman–Crippen LogP) is 3.70. The number of ether oxygens (including phenoxy) is 1. The molecule has 0 aliphatic rings. The summed E-state index contributed by atoms with van der Waals surface area (Å²) in [5, 5.41) is 10.7. The molecule has 0 amide bonds. The fourth-order valence-corrected chi connectivity index (χ4v) is 1.76. The van der Waals surface area contributed by atoms with E-state index in [2.05, 4.69) is 27.6 Å². The van der Waals surface area contributed by atoms with Crippen LogP contribution in [0.5, 0.6) is 11.6 Å². The van der Waals surface area contributed by atoms with Crippen molar-refractivity contribution in [2.75, 3.05) is 0 Å². The number of rotatable bonds is 3. The number of hydrogen-bond donors (Lipinski definition) is 0. The van der Waals surface area contributed by atoms with Gasteiger partial charge in [0.05, 0.1) is 4.92 Å². The Hall–Kier alpha value is -1.70. The Morgan fingerprint density at radius 3 is 2.44 bits per heavy atom. The number of aryl methyl sites for hydroxylation is 1. The third-order valence-corrected chi connectivity index (χ3v) is 2.98. The first-order chi connectivity index (χ1) is 8.56. The summed E-state index contributed by atoms with van der Waals surface area (Å²) < 4.78 is 6.62.